The van der Waals surface area contributed by atoms with Gasteiger partial charge in [-0.15, -0.1) is 0 Å². The Hall–Kier alpha value is -0.820. The van der Waals surface area contributed by atoms with Gasteiger partial charge in [-0.05, 0) is 24.3 Å². The van der Waals surface area contributed by atoms with Gasteiger partial charge in [0.2, 0.25) is 9.23 Å². The highest BCUT2D eigenvalue weighted by Crippen LogP contribution is 2.11. The summed E-state index contributed by atoms with van der Waals surface area (Å²) in [5, 5.41) is 0. The fourth-order valence-electron chi connectivity index (χ4n) is 0.991. The maximum absolute atomic E-state index is 10.6. The third-order valence-electron chi connectivity index (χ3n) is 1.85. The van der Waals surface area contributed by atoms with Crippen molar-refractivity contribution >= 4 is 60.4 Å². The molecule has 0 unspecified atom stereocenters. The van der Waals surface area contributed by atoms with Crippen LogP contribution in [-0.2, 0) is 28.4 Å². The number of nitrogens with zero attached hydrogens (tertiary/aromatic N) is 2. The summed E-state index contributed by atoms with van der Waals surface area (Å²) < 4.78 is 59.3. The van der Waals surface area contributed by atoms with E-state index in [1.54, 1.807) is 0 Å². The Morgan fingerprint density at radius 2 is 1.19 bits per heavy atom. The number of hydrogen-bond donors (Lipinski definition) is 1. The number of aromatic nitrogens is 2. The lowest BCUT2D eigenvalue weighted by molar-refractivity contribution is 0.482. The molecule has 14 heteroatoms. The van der Waals surface area contributed by atoms with Crippen LogP contribution >= 0.6 is 32.0 Å². The SMILES string of the molecule is C.C.C.O=S(=O)(Cl)c1cccnc1.O=S(=O)(O)c1cccnc1.O=S(Cl)Cl. The van der Waals surface area contributed by atoms with Crippen LogP contribution in [0.1, 0.15) is 22.3 Å². The number of rotatable bonds is 2. The van der Waals surface area contributed by atoms with E-state index in [0.29, 0.717) is 0 Å². The largest absolute Gasteiger partial charge is 0.296 e. The Morgan fingerprint density at radius 3 is 1.33 bits per heavy atom. The Labute approximate surface area is 176 Å². The predicted molar refractivity (Wildman–Crippen MR) is 111 cm³/mol. The van der Waals surface area contributed by atoms with Crippen molar-refractivity contribution in [1.29, 1.82) is 0 Å². The van der Waals surface area contributed by atoms with Gasteiger partial charge in [-0.1, -0.05) is 22.3 Å². The Balaban J connectivity index is -0.000000150. The van der Waals surface area contributed by atoms with Gasteiger partial charge in [0.05, 0.1) is 0 Å². The Morgan fingerprint density at radius 1 is 0.852 bits per heavy atom. The minimum Gasteiger partial charge on any atom is -0.282 e. The normalized spacial score (nSPS) is 9.67. The summed E-state index contributed by atoms with van der Waals surface area (Å²) in [6, 6.07) is 5.59. The van der Waals surface area contributed by atoms with Crippen molar-refractivity contribution in [1.82, 2.24) is 9.97 Å². The van der Waals surface area contributed by atoms with Crippen molar-refractivity contribution in [2.45, 2.75) is 32.1 Å². The molecule has 27 heavy (non-hydrogen) atoms. The first-order valence-electron chi connectivity index (χ1n) is 5.41. The molecule has 2 rings (SSSR count). The summed E-state index contributed by atoms with van der Waals surface area (Å²) in [6.45, 7) is 0. The van der Waals surface area contributed by atoms with E-state index in [0.717, 1.165) is 6.20 Å². The van der Waals surface area contributed by atoms with Gasteiger partial charge < -0.3 is 0 Å². The summed E-state index contributed by atoms with van der Waals surface area (Å²) in [4.78, 5) is 6.94. The molecule has 8 nitrogen and oxygen atoms in total. The zero-order valence-corrected chi connectivity index (χ0v) is 16.1. The second kappa shape index (κ2) is 16.2. The fourth-order valence-corrected chi connectivity index (χ4v) is 2.14. The van der Waals surface area contributed by atoms with E-state index < -0.39 is 28.4 Å². The summed E-state index contributed by atoms with van der Waals surface area (Å²) in [5.74, 6) is 0. The average molecular weight is 504 g/mol. The van der Waals surface area contributed by atoms with E-state index in [9.17, 15) is 16.8 Å². The van der Waals surface area contributed by atoms with Crippen molar-refractivity contribution in [2.24, 2.45) is 0 Å². The monoisotopic (exact) mass is 502 g/mol. The van der Waals surface area contributed by atoms with Crippen molar-refractivity contribution < 1.29 is 25.6 Å². The van der Waals surface area contributed by atoms with Gasteiger partial charge in [0.25, 0.3) is 19.2 Å². The molecule has 0 aliphatic carbocycles. The molecule has 0 fully saturated rings. The smallest absolute Gasteiger partial charge is 0.282 e. The van der Waals surface area contributed by atoms with Crippen LogP contribution in [0, 0.1) is 0 Å². The fraction of sp³-hybridized carbons (Fsp3) is 0.231. The van der Waals surface area contributed by atoms with Crippen LogP contribution in [0.15, 0.2) is 58.8 Å². The lowest BCUT2D eigenvalue weighted by Gasteiger charge is -1.91. The maximum Gasteiger partial charge on any atom is 0.296 e. The van der Waals surface area contributed by atoms with E-state index in [1.807, 2.05) is 0 Å². The van der Waals surface area contributed by atoms with Crippen molar-refractivity contribution in [3.05, 3.63) is 49.1 Å². The topological polar surface area (TPSA) is 131 Å². The van der Waals surface area contributed by atoms with Crippen molar-refractivity contribution in [3.63, 3.8) is 0 Å². The minimum absolute atomic E-state index is 0. The average Bonchev–Trinajstić information content (AvgIpc) is 2.47. The first-order valence-corrected chi connectivity index (χ1v) is 12.0. The summed E-state index contributed by atoms with van der Waals surface area (Å²) in [7, 11) is 4.69. The maximum atomic E-state index is 10.6. The van der Waals surface area contributed by atoms with E-state index >= 15 is 0 Å². The van der Waals surface area contributed by atoms with Gasteiger partial charge in [0.15, 0.2) is 0 Å². The number of halogens is 3. The summed E-state index contributed by atoms with van der Waals surface area (Å²) in [6.07, 6.45) is 5.18. The molecule has 0 bridgehead atoms. The van der Waals surface area contributed by atoms with Gasteiger partial charge in [-0.2, -0.15) is 8.42 Å². The predicted octanol–water partition coefficient (Wildman–Crippen LogP) is 4.29. The second-order valence-electron chi connectivity index (χ2n) is 3.47. The molecule has 158 valence electrons. The molecule has 0 spiro atoms. The van der Waals surface area contributed by atoms with E-state index in [4.69, 9.17) is 19.4 Å². The quantitative estimate of drug-likeness (QED) is 0.474. The summed E-state index contributed by atoms with van der Waals surface area (Å²) >= 11 is 0. The molecule has 0 aliphatic heterocycles. The molecule has 2 aromatic rings. The molecule has 0 radical (unpaired) electrons. The van der Waals surface area contributed by atoms with Crippen molar-refractivity contribution in [3.8, 4) is 0 Å². The van der Waals surface area contributed by atoms with Gasteiger partial charge in [-0.3, -0.25) is 14.5 Å². The zero-order chi connectivity index (χ0) is 18.8. The standard InChI is InChI=1S/C5H4ClNO2S.C5H5NO3S.3CH4.Cl2OS/c6-10(8,9)5-2-1-3-7-4-5;7-10(8,9)5-2-1-3-6-4-5;;;;1-4(2)3/h1-4H;1-4H,(H,7,8,9);3*1H4;. The van der Waals surface area contributed by atoms with Gasteiger partial charge in [0.1, 0.15) is 9.79 Å². The molecule has 0 saturated carbocycles. The van der Waals surface area contributed by atoms with Crippen LogP contribution in [-0.4, -0.2) is 35.6 Å². The first kappa shape index (κ1) is 33.7. The van der Waals surface area contributed by atoms with Crippen molar-refractivity contribution in [2.75, 3.05) is 0 Å². The van der Waals surface area contributed by atoms with E-state index in [2.05, 4.69) is 31.3 Å². The molecule has 2 heterocycles. The van der Waals surface area contributed by atoms with E-state index in [-0.39, 0.29) is 32.1 Å². The Kier molecular flexibility index (Phi) is 20.2. The second-order valence-corrected chi connectivity index (χ2v) is 9.99. The van der Waals surface area contributed by atoms with Gasteiger partial charge >= 0.3 is 0 Å². The van der Waals surface area contributed by atoms with E-state index in [1.165, 1.54) is 42.9 Å². The highest BCUT2D eigenvalue weighted by Gasteiger charge is 2.07. The first-order chi connectivity index (χ1) is 10.9. The molecule has 0 aromatic carbocycles. The van der Waals surface area contributed by atoms with Crippen LogP contribution in [0.5, 0.6) is 0 Å². The number of hydrogen-bond acceptors (Lipinski definition) is 7. The summed E-state index contributed by atoms with van der Waals surface area (Å²) in [5.41, 5.74) is 0. The molecule has 0 saturated heterocycles. The molecule has 0 aliphatic rings. The van der Waals surface area contributed by atoms with Gasteiger partial charge in [-0.25, -0.2) is 12.6 Å². The van der Waals surface area contributed by atoms with Crippen LogP contribution in [0.25, 0.3) is 0 Å². The van der Waals surface area contributed by atoms with Gasteiger partial charge in [0, 0.05) is 56.8 Å². The molecular weight excluding hydrogens is 483 g/mol. The third-order valence-corrected chi connectivity index (χ3v) is 4.02. The highest BCUT2D eigenvalue weighted by atomic mass is 36.0. The molecule has 0 atom stereocenters. The number of pyridine rings is 2. The van der Waals surface area contributed by atoms with Crippen LogP contribution in [0.3, 0.4) is 0 Å². The third kappa shape index (κ3) is 18.3. The highest BCUT2D eigenvalue weighted by molar-refractivity contribution is 8.26. The molecule has 2 aromatic heterocycles. The lowest BCUT2D eigenvalue weighted by atomic mass is 10.5. The molecule has 1 N–H and O–H groups in total. The minimum atomic E-state index is -4.07. The molecule has 0 amide bonds. The lowest BCUT2D eigenvalue weighted by Crippen LogP contribution is -1.97. The molecular formula is C13H21Cl3N2O6S3. The van der Waals surface area contributed by atoms with Crippen LogP contribution in [0.4, 0.5) is 0 Å². The Bertz CT molecular complexity index is 780. The zero-order valence-electron chi connectivity index (χ0n) is 11.4. The van der Waals surface area contributed by atoms with Crippen LogP contribution < -0.4 is 0 Å². The van der Waals surface area contributed by atoms with Crippen LogP contribution in [0.2, 0.25) is 0 Å².